The van der Waals surface area contributed by atoms with E-state index < -0.39 is 0 Å². The highest BCUT2D eigenvalue weighted by molar-refractivity contribution is 6.30. The molecule has 0 spiro atoms. The van der Waals surface area contributed by atoms with Gasteiger partial charge in [0, 0.05) is 35.3 Å². The van der Waals surface area contributed by atoms with Crippen LogP contribution >= 0.6 is 23.2 Å². The zero-order chi connectivity index (χ0) is 22.8. The van der Waals surface area contributed by atoms with Crippen LogP contribution in [0.3, 0.4) is 0 Å². The quantitative estimate of drug-likeness (QED) is 0.423. The molecule has 2 amide bonds. The highest BCUT2D eigenvalue weighted by Crippen LogP contribution is 2.11. The molecule has 0 heterocycles. The third kappa shape index (κ3) is 8.06. The summed E-state index contributed by atoms with van der Waals surface area (Å²) < 4.78 is 0. The Bertz CT molecular complexity index is 1010. The molecule has 0 aromatic heterocycles. The van der Waals surface area contributed by atoms with Gasteiger partial charge in [-0.2, -0.15) is 0 Å². The summed E-state index contributed by atoms with van der Waals surface area (Å²) in [6.07, 6.45) is 6.45. The van der Waals surface area contributed by atoms with Crippen molar-refractivity contribution in [1.82, 2.24) is 10.6 Å². The number of carbonyl (C=O) groups is 2. The maximum absolute atomic E-state index is 12.0. The van der Waals surface area contributed by atoms with Gasteiger partial charge in [0.05, 0.1) is 0 Å². The number of benzene rings is 3. The van der Waals surface area contributed by atoms with Crippen molar-refractivity contribution >= 4 is 47.2 Å². The summed E-state index contributed by atoms with van der Waals surface area (Å²) in [6, 6.07) is 22.2. The average molecular weight is 465 g/mol. The van der Waals surface area contributed by atoms with Gasteiger partial charge in [-0.15, -0.1) is 0 Å². The first-order valence-corrected chi connectivity index (χ1v) is 10.7. The van der Waals surface area contributed by atoms with Gasteiger partial charge in [0.15, 0.2) is 0 Å². The van der Waals surface area contributed by atoms with Crippen LogP contribution in [-0.2, 0) is 22.7 Å². The van der Waals surface area contributed by atoms with Gasteiger partial charge < -0.3 is 10.6 Å². The Morgan fingerprint density at radius 1 is 0.594 bits per heavy atom. The van der Waals surface area contributed by atoms with Crippen molar-refractivity contribution < 1.29 is 9.59 Å². The summed E-state index contributed by atoms with van der Waals surface area (Å²) in [4.78, 5) is 24.0. The maximum Gasteiger partial charge on any atom is 0.244 e. The molecule has 0 atom stereocenters. The Kier molecular flexibility index (Phi) is 8.67. The Hall–Kier alpha value is -3.34. The molecule has 32 heavy (non-hydrogen) atoms. The van der Waals surface area contributed by atoms with Gasteiger partial charge in [0.1, 0.15) is 0 Å². The Morgan fingerprint density at radius 3 is 1.28 bits per heavy atom. The maximum atomic E-state index is 12.0. The standard InChI is InChI=1S/C26H22Cl2N2O2/c27-23-11-5-19(6-12-23)9-15-25(31)29-17-21-1-2-22(4-3-21)18-30-26(32)16-10-20-7-13-24(28)14-8-20/h1-16H,17-18H2,(H,29,31)(H,30,32)/b15-9+,16-10+. The smallest absolute Gasteiger partial charge is 0.244 e. The molecular weight excluding hydrogens is 443 g/mol. The number of rotatable bonds is 8. The first-order chi connectivity index (χ1) is 15.5. The van der Waals surface area contributed by atoms with Crippen LogP contribution < -0.4 is 10.6 Å². The molecule has 0 saturated heterocycles. The van der Waals surface area contributed by atoms with E-state index in [1.807, 2.05) is 48.5 Å². The molecule has 0 unspecified atom stereocenters. The Balaban J connectivity index is 1.41. The van der Waals surface area contributed by atoms with Crippen molar-refractivity contribution in [2.75, 3.05) is 0 Å². The van der Waals surface area contributed by atoms with E-state index in [1.165, 1.54) is 12.2 Å². The first-order valence-electron chi connectivity index (χ1n) is 9.99. The topological polar surface area (TPSA) is 58.2 Å². The molecule has 0 radical (unpaired) electrons. The van der Waals surface area contributed by atoms with E-state index in [0.717, 1.165) is 22.3 Å². The summed E-state index contributed by atoms with van der Waals surface area (Å²) >= 11 is 11.7. The van der Waals surface area contributed by atoms with E-state index in [-0.39, 0.29) is 11.8 Å². The second kappa shape index (κ2) is 11.9. The van der Waals surface area contributed by atoms with Crippen LogP contribution in [0.1, 0.15) is 22.3 Å². The van der Waals surface area contributed by atoms with Crippen LogP contribution in [0.25, 0.3) is 12.2 Å². The van der Waals surface area contributed by atoms with Crippen LogP contribution in [0.15, 0.2) is 84.9 Å². The van der Waals surface area contributed by atoms with Gasteiger partial charge in [-0.3, -0.25) is 9.59 Å². The fourth-order valence-electron chi connectivity index (χ4n) is 2.76. The van der Waals surface area contributed by atoms with E-state index in [9.17, 15) is 9.59 Å². The van der Waals surface area contributed by atoms with E-state index >= 15 is 0 Å². The monoisotopic (exact) mass is 464 g/mol. The summed E-state index contributed by atoms with van der Waals surface area (Å²) in [6.45, 7) is 0.834. The lowest BCUT2D eigenvalue weighted by Gasteiger charge is -2.06. The number of hydrogen-bond acceptors (Lipinski definition) is 2. The van der Waals surface area contributed by atoms with Crippen LogP contribution in [0.5, 0.6) is 0 Å². The summed E-state index contributed by atoms with van der Waals surface area (Å²) in [5, 5.41) is 7.01. The second-order valence-corrected chi connectivity index (χ2v) is 7.89. The molecular formula is C26H22Cl2N2O2. The molecule has 4 nitrogen and oxygen atoms in total. The third-order valence-corrected chi connectivity index (χ3v) is 5.05. The number of amides is 2. The molecule has 3 rings (SSSR count). The molecule has 0 aliphatic rings. The van der Waals surface area contributed by atoms with Crippen molar-refractivity contribution in [2.24, 2.45) is 0 Å². The van der Waals surface area contributed by atoms with Crippen LogP contribution in [0, 0.1) is 0 Å². The molecule has 0 fully saturated rings. The Labute approximate surface area is 197 Å². The summed E-state index contributed by atoms with van der Waals surface area (Å²) in [7, 11) is 0. The van der Waals surface area contributed by atoms with Gasteiger partial charge in [0.25, 0.3) is 0 Å². The minimum Gasteiger partial charge on any atom is -0.348 e. The van der Waals surface area contributed by atoms with E-state index in [1.54, 1.807) is 36.4 Å². The Morgan fingerprint density at radius 2 is 0.938 bits per heavy atom. The molecule has 0 aliphatic carbocycles. The van der Waals surface area contributed by atoms with Crippen LogP contribution in [0.2, 0.25) is 10.0 Å². The largest absolute Gasteiger partial charge is 0.348 e. The zero-order valence-corrected chi connectivity index (χ0v) is 18.7. The second-order valence-electron chi connectivity index (χ2n) is 7.02. The molecule has 3 aromatic carbocycles. The highest BCUT2D eigenvalue weighted by Gasteiger charge is 2.00. The van der Waals surface area contributed by atoms with Crippen LogP contribution in [-0.4, -0.2) is 11.8 Å². The molecule has 0 aliphatic heterocycles. The van der Waals surface area contributed by atoms with Gasteiger partial charge in [0.2, 0.25) is 11.8 Å². The number of halogens is 2. The number of carbonyl (C=O) groups excluding carboxylic acids is 2. The van der Waals surface area contributed by atoms with Gasteiger partial charge in [-0.1, -0.05) is 71.7 Å². The van der Waals surface area contributed by atoms with Crippen molar-refractivity contribution in [2.45, 2.75) is 13.1 Å². The number of hydrogen-bond donors (Lipinski definition) is 2. The molecule has 162 valence electrons. The minimum absolute atomic E-state index is 0.177. The zero-order valence-electron chi connectivity index (χ0n) is 17.2. The van der Waals surface area contributed by atoms with Gasteiger partial charge >= 0.3 is 0 Å². The predicted molar refractivity (Wildman–Crippen MR) is 131 cm³/mol. The molecule has 3 aromatic rings. The lowest BCUT2D eigenvalue weighted by Crippen LogP contribution is -2.21. The average Bonchev–Trinajstić information content (AvgIpc) is 2.81. The fraction of sp³-hybridized carbons (Fsp3) is 0.0769. The van der Waals surface area contributed by atoms with E-state index in [0.29, 0.717) is 23.1 Å². The van der Waals surface area contributed by atoms with Gasteiger partial charge in [-0.25, -0.2) is 0 Å². The summed E-state index contributed by atoms with van der Waals surface area (Å²) in [5.74, 6) is -0.354. The van der Waals surface area contributed by atoms with Gasteiger partial charge in [-0.05, 0) is 58.7 Å². The molecule has 6 heteroatoms. The highest BCUT2D eigenvalue weighted by atomic mass is 35.5. The van der Waals surface area contributed by atoms with Crippen molar-refractivity contribution in [1.29, 1.82) is 0 Å². The molecule has 2 N–H and O–H groups in total. The molecule has 0 bridgehead atoms. The lowest BCUT2D eigenvalue weighted by atomic mass is 10.1. The molecule has 0 saturated carbocycles. The first kappa shape index (κ1) is 23.3. The van der Waals surface area contributed by atoms with E-state index in [2.05, 4.69) is 10.6 Å². The van der Waals surface area contributed by atoms with Crippen molar-refractivity contribution in [3.63, 3.8) is 0 Å². The van der Waals surface area contributed by atoms with Crippen molar-refractivity contribution in [3.8, 4) is 0 Å². The lowest BCUT2D eigenvalue weighted by molar-refractivity contribution is -0.117. The SMILES string of the molecule is O=C(/C=C/c1ccc(Cl)cc1)NCc1ccc(CNC(=O)/C=C/c2ccc(Cl)cc2)cc1. The minimum atomic E-state index is -0.177. The predicted octanol–water partition coefficient (Wildman–Crippen LogP) is 5.65. The number of nitrogens with one attached hydrogen (secondary N) is 2. The third-order valence-electron chi connectivity index (χ3n) is 4.55. The van der Waals surface area contributed by atoms with E-state index in [4.69, 9.17) is 23.2 Å². The normalized spacial score (nSPS) is 11.1. The fourth-order valence-corrected chi connectivity index (χ4v) is 3.01. The van der Waals surface area contributed by atoms with Crippen LogP contribution in [0.4, 0.5) is 0 Å². The van der Waals surface area contributed by atoms with Crippen molar-refractivity contribution in [3.05, 3.63) is 117 Å². The summed E-state index contributed by atoms with van der Waals surface area (Å²) in [5.41, 5.74) is 3.74.